The number of carbonyl (C=O) groups excluding carboxylic acids is 1. The summed E-state index contributed by atoms with van der Waals surface area (Å²) in [7, 11) is -2.23. The molecule has 0 unspecified atom stereocenters. The van der Waals surface area contributed by atoms with Crippen LogP contribution in [0, 0.1) is 11.7 Å². The Morgan fingerprint density at radius 2 is 1.69 bits per heavy atom. The van der Waals surface area contributed by atoms with E-state index in [4.69, 9.17) is 9.73 Å². The van der Waals surface area contributed by atoms with Gasteiger partial charge in [0.15, 0.2) is 0 Å². The minimum Gasteiger partial charge on any atom is -0.497 e. The van der Waals surface area contributed by atoms with Gasteiger partial charge < -0.3 is 24.2 Å². The lowest BCUT2D eigenvalue weighted by Gasteiger charge is -2.44. The number of likely N-dealkylation sites (tertiary alicyclic amines) is 1. The number of sulfonamides is 1. The largest absolute Gasteiger partial charge is 0.497 e. The van der Waals surface area contributed by atoms with Crippen LogP contribution in [0.3, 0.4) is 0 Å². The maximum Gasteiger partial charge on any atom is 0.243 e. The normalized spacial score (nSPS) is 21.0. The number of hydrogen-bond donors (Lipinski definition) is 1. The molecule has 0 radical (unpaired) electrons. The molecule has 2 saturated heterocycles. The Bertz CT molecular complexity index is 2030. The molecule has 256 valence electrons. The van der Waals surface area contributed by atoms with Crippen LogP contribution in [-0.2, 0) is 14.8 Å². The Morgan fingerprint density at radius 1 is 0.980 bits per heavy atom. The van der Waals surface area contributed by atoms with Gasteiger partial charge in [-0.1, -0.05) is 30.3 Å². The predicted molar refractivity (Wildman–Crippen MR) is 182 cm³/mol. The number of ether oxygens (including phenoxy) is 1. The van der Waals surface area contributed by atoms with Crippen LogP contribution in [0.2, 0.25) is 0 Å². The first-order valence-electron chi connectivity index (χ1n) is 16.6. The summed E-state index contributed by atoms with van der Waals surface area (Å²) < 4.78 is 49.3. The van der Waals surface area contributed by atoms with Crippen molar-refractivity contribution in [3.63, 3.8) is 0 Å². The fraction of sp³-hybridized carbons (Fsp3) is 0.351. The standard InChI is InChI=1S/C37H40FN5O5S/c1-48-31-11-9-30(10-12-31)43-20-15-28-23-40(26-39-35(28)43)25-37(45)17-21-41(22-18-37)36(44)33-16-19-42(24-34(33)27-5-3-2-4-6-27)49(46,47)32-13-7-29(38)8-14-32/h2-15,20,23,33-34,45H,16-19,21-22,24-26H2,1H3/t33-,34+/m1/s1. The van der Waals surface area contributed by atoms with Crippen molar-refractivity contribution in [1.29, 1.82) is 0 Å². The second-order valence-corrected chi connectivity index (χ2v) is 15.1. The maximum absolute atomic E-state index is 14.1. The van der Waals surface area contributed by atoms with Gasteiger partial charge in [0, 0.05) is 67.9 Å². The van der Waals surface area contributed by atoms with E-state index in [2.05, 4.69) is 0 Å². The Morgan fingerprint density at radius 3 is 2.39 bits per heavy atom. The molecule has 0 saturated carbocycles. The number of β-amino-alcohol motifs (C(OH)–C–C–N with tert-alkyl or cyclic N) is 1. The average molecular weight is 686 g/mol. The van der Waals surface area contributed by atoms with E-state index in [1.165, 1.54) is 16.4 Å². The molecule has 3 aliphatic heterocycles. The second kappa shape index (κ2) is 13.4. The van der Waals surface area contributed by atoms with Crippen LogP contribution < -0.4 is 15.4 Å². The molecule has 4 aromatic rings. The number of methoxy groups -OCH3 is 1. The van der Waals surface area contributed by atoms with Crippen LogP contribution in [-0.4, -0.2) is 90.2 Å². The Balaban J connectivity index is 1.01. The maximum atomic E-state index is 14.1. The van der Waals surface area contributed by atoms with Gasteiger partial charge in [-0.05, 0) is 79.4 Å². The average Bonchev–Trinajstić information content (AvgIpc) is 3.55. The zero-order valence-electron chi connectivity index (χ0n) is 27.4. The zero-order chi connectivity index (χ0) is 34.2. The summed E-state index contributed by atoms with van der Waals surface area (Å²) in [6.45, 7) is 1.97. The van der Waals surface area contributed by atoms with E-state index < -0.39 is 27.4 Å². The molecule has 12 heteroatoms. The van der Waals surface area contributed by atoms with E-state index in [-0.39, 0.29) is 29.8 Å². The molecular formula is C37H40FN5O5S. The summed E-state index contributed by atoms with van der Waals surface area (Å²) >= 11 is 0. The van der Waals surface area contributed by atoms with Crippen molar-refractivity contribution < 1.29 is 27.4 Å². The number of carbonyl (C=O) groups is 1. The Kier molecular flexibility index (Phi) is 9.03. The zero-order valence-corrected chi connectivity index (χ0v) is 28.2. The van der Waals surface area contributed by atoms with Crippen molar-refractivity contribution in [3.8, 4) is 11.4 Å². The molecule has 1 N–H and O–H groups in total. The summed E-state index contributed by atoms with van der Waals surface area (Å²) in [4.78, 5) is 22.8. The number of halogens is 1. The number of rotatable bonds is 8. The van der Waals surface area contributed by atoms with Gasteiger partial charge in [-0.15, -0.1) is 0 Å². The number of amides is 1. The molecular weight excluding hydrogens is 646 g/mol. The van der Waals surface area contributed by atoms with Gasteiger partial charge >= 0.3 is 0 Å². The molecule has 1 aromatic heterocycles. The summed E-state index contributed by atoms with van der Waals surface area (Å²) in [6, 6.07) is 24.2. The van der Waals surface area contributed by atoms with Crippen LogP contribution in [0.5, 0.6) is 5.75 Å². The van der Waals surface area contributed by atoms with E-state index in [1.54, 1.807) is 7.11 Å². The first-order valence-corrected chi connectivity index (χ1v) is 18.0. The van der Waals surface area contributed by atoms with Crippen LogP contribution in [0.4, 0.5) is 4.39 Å². The number of benzene rings is 3. The Hall–Kier alpha value is -4.52. The fourth-order valence-corrected chi connectivity index (χ4v) is 8.77. The third-order valence-corrected chi connectivity index (χ3v) is 11.9. The molecule has 7 rings (SSSR count). The fourth-order valence-electron chi connectivity index (χ4n) is 7.29. The molecule has 2 atom stereocenters. The van der Waals surface area contributed by atoms with Crippen molar-refractivity contribution in [3.05, 3.63) is 113 Å². The summed E-state index contributed by atoms with van der Waals surface area (Å²) in [6.07, 6.45) is 5.24. The first-order chi connectivity index (χ1) is 23.6. The molecule has 3 aromatic carbocycles. The van der Waals surface area contributed by atoms with Crippen molar-refractivity contribution in [1.82, 2.24) is 18.7 Å². The van der Waals surface area contributed by atoms with Gasteiger partial charge in [0.05, 0.1) is 17.6 Å². The van der Waals surface area contributed by atoms with Gasteiger partial charge in [0.1, 0.15) is 23.7 Å². The monoisotopic (exact) mass is 685 g/mol. The molecule has 10 nitrogen and oxygen atoms in total. The van der Waals surface area contributed by atoms with Gasteiger partial charge in [-0.2, -0.15) is 4.31 Å². The minimum atomic E-state index is -3.87. The van der Waals surface area contributed by atoms with E-state index in [0.29, 0.717) is 45.6 Å². The lowest BCUT2D eigenvalue weighted by molar-refractivity contribution is -0.142. The molecule has 2 fully saturated rings. The molecule has 3 aliphatic rings. The van der Waals surface area contributed by atoms with E-state index in [9.17, 15) is 22.7 Å². The van der Waals surface area contributed by atoms with Crippen LogP contribution in [0.25, 0.3) is 11.9 Å². The highest BCUT2D eigenvalue weighted by Crippen LogP contribution is 2.37. The summed E-state index contributed by atoms with van der Waals surface area (Å²) in [5, 5.41) is 12.6. The van der Waals surface area contributed by atoms with Crippen LogP contribution in [0.1, 0.15) is 30.7 Å². The topological polar surface area (TPSA) is 108 Å². The number of hydrogen-bond acceptors (Lipinski definition) is 7. The van der Waals surface area contributed by atoms with Crippen molar-refractivity contribution in [2.24, 2.45) is 10.9 Å². The molecule has 1 amide bonds. The van der Waals surface area contributed by atoms with Gasteiger partial charge in [0.25, 0.3) is 0 Å². The highest BCUT2D eigenvalue weighted by Gasteiger charge is 2.43. The minimum absolute atomic E-state index is 0.0150. The number of piperidine rings is 2. The number of nitrogens with zero attached hydrogens (tertiary/aromatic N) is 5. The Labute approximate surface area is 285 Å². The number of aromatic nitrogens is 1. The lowest BCUT2D eigenvalue weighted by atomic mass is 9.80. The highest BCUT2D eigenvalue weighted by atomic mass is 32.2. The molecule has 49 heavy (non-hydrogen) atoms. The third kappa shape index (κ3) is 6.72. The molecule has 0 bridgehead atoms. The summed E-state index contributed by atoms with van der Waals surface area (Å²) in [5.41, 5.74) is 1.76. The molecule has 0 spiro atoms. The summed E-state index contributed by atoms with van der Waals surface area (Å²) in [5.74, 6) is -0.481. The van der Waals surface area contributed by atoms with Gasteiger partial charge in [0.2, 0.25) is 15.9 Å². The first kappa shape index (κ1) is 33.0. The smallest absolute Gasteiger partial charge is 0.243 e. The van der Waals surface area contributed by atoms with Crippen LogP contribution >= 0.6 is 0 Å². The number of fused-ring (bicyclic) bond motifs is 1. The van der Waals surface area contributed by atoms with Crippen LogP contribution in [0.15, 0.2) is 101 Å². The van der Waals surface area contributed by atoms with Crippen molar-refractivity contribution >= 4 is 22.1 Å². The molecule has 0 aliphatic carbocycles. The SMILES string of the molecule is COc1ccc(-n2ccc3c2=NCN(CC2(O)CCN(C(=O)[C@@H]4CCN(S(=O)(=O)c5ccc(F)cc5)C[C@H]4c4ccccc4)CC2)C=3)cc1. The van der Waals surface area contributed by atoms with E-state index in [0.717, 1.165) is 39.8 Å². The predicted octanol–water partition coefficient (Wildman–Crippen LogP) is 3.10. The third-order valence-electron chi connectivity index (χ3n) is 10.0. The van der Waals surface area contributed by atoms with Gasteiger partial charge in [-0.25, -0.2) is 17.8 Å². The quantitative estimate of drug-likeness (QED) is 0.306. The van der Waals surface area contributed by atoms with Gasteiger partial charge in [-0.3, -0.25) is 4.79 Å². The highest BCUT2D eigenvalue weighted by molar-refractivity contribution is 7.89. The number of aliphatic hydroxyl groups is 1. The van der Waals surface area contributed by atoms with Crippen molar-refractivity contribution in [2.75, 3.05) is 46.5 Å². The lowest BCUT2D eigenvalue weighted by Crippen LogP contribution is -2.55. The second-order valence-electron chi connectivity index (χ2n) is 13.1. The van der Waals surface area contributed by atoms with E-state index in [1.807, 2.05) is 87.4 Å². The van der Waals surface area contributed by atoms with E-state index >= 15 is 0 Å². The molecule has 4 heterocycles. The van der Waals surface area contributed by atoms with Crippen molar-refractivity contribution in [2.45, 2.75) is 35.7 Å².